The molecule has 0 unspecified atom stereocenters. The normalized spacial score (nSPS) is 11.9. The Balaban J connectivity index is 1.58. The van der Waals surface area contributed by atoms with Crippen molar-refractivity contribution in [3.63, 3.8) is 0 Å². The highest BCUT2D eigenvalue weighted by Gasteiger charge is 2.33. The molecule has 11 heteroatoms. The van der Waals surface area contributed by atoms with Crippen LogP contribution in [-0.2, 0) is 22.6 Å². The summed E-state index contributed by atoms with van der Waals surface area (Å²) in [4.78, 5) is 14.0. The van der Waals surface area contributed by atoms with Gasteiger partial charge >= 0.3 is 6.18 Å². The predicted octanol–water partition coefficient (Wildman–Crippen LogP) is 4.96. The number of hydrogen-bond donors (Lipinski definition) is 2. The maximum atomic E-state index is 13.4. The molecule has 0 aliphatic carbocycles. The third kappa shape index (κ3) is 5.46. The zero-order valence-electron chi connectivity index (χ0n) is 19.1. The van der Waals surface area contributed by atoms with Crippen LogP contribution >= 0.6 is 0 Å². The van der Waals surface area contributed by atoms with Crippen LogP contribution in [0.3, 0.4) is 0 Å². The van der Waals surface area contributed by atoms with Crippen molar-refractivity contribution in [3.05, 3.63) is 93.8 Å². The Bertz CT molecular complexity index is 1560. The van der Waals surface area contributed by atoms with E-state index in [-0.39, 0.29) is 27.9 Å². The van der Waals surface area contributed by atoms with Crippen molar-refractivity contribution in [1.82, 2.24) is 4.98 Å². The maximum absolute atomic E-state index is 13.4. The van der Waals surface area contributed by atoms with E-state index in [4.69, 9.17) is 9.47 Å². The van der Waals surface area contributed by atoms with Crippen LogP contribution in [0.1, 0.15) is 16.7 Å². The molecule has 3 aromatic carbocycles. The van der Waals surface area contributed by atoms with Gasteiger partial charge in [0, 0.05) is 35.2 Å². The van der Waals surface area contributed by atoms with Crippen molar-refractivity contribution in [2.24, 2.45) is 0 Å². The van der Waals surface area contributed by atoms with Crippen molar-refractivity contribution >= 4 is 26.6 Å². The summed E-state index contributed by atoms with van der Waals surface area (Å²) in [5.74, 6) is 0.825. The molecule has 0 amide bonds. The summed E-state index contributed by atoms with van der Waals surface area (Å²) in [7, 11) is -1.03. The second kappa shape index (κ2) is 9.57. The molecule has 0 saturated carbocycles. The summed E-state index contributed by atoms with van der Waals surface area (Å²) >= 11 is 0. The van der Waals surface area contributed by atoms with Gasteiger partial charge in [-0.25, -0.2) is 8.42 Å². The number of pyridine rings is 1. The molecule has 0 saturated heterocycles. The first-order valence-corrected chi connectivity index (χ1v) is 12.0. The first kappa shape index (κ1) is 25.1. The summed E-state index contributed by atoms with van der Waals surface area (Å²) in [5, 5.41) is -0.114. The first-order chi connectivity index (χ1) is 17.0. The SMILES string of the molecule is COc1cc(NS(=O)(=O)c2ccc(Cc3ccc4[nH]c(=O)cc(C(F)(F)F)c4c3)cc2)cc(OC)c1. The second-order valence-electron chi connectivity index (χ2n) is 7.95. The highest BCUT2D eigenvalue weighted by Crippen LogP contribution is 2.34. The van der Waals surface area contributed by atoms with Crippen molar-refractivity contribution in [2.45, 2.75) is 17.5 Å². The summed E-state index contributed by atoms with van der Waals surface area (Å²) in [6.07, 6.45) is -4.42. The second-order valence-corrected chi connectivity index (χ2v) is 9.63. The minimum atomic E-state index is -4.68. The van der Waals surface area contributed by atoms with Gasteiger partial charge in [-0.1, -0.05) is 18.2 Å². The number of H-pyrrole nitrogens is 1. The summed E-state index contributed by atoms with van der Waals surface area (Å²) in [6.45, 7) is 0. The van der Waals surface area contributed by atoms with E-state index in [9.17, 15) is 26.4 Å². The number of fused-ring (bicyclic) bond motifs is 1. The Morgan fingerprint density at radius 1 is 0.861 bits per heavy atom. The van der Waals surface area contributed by atoms with Crippen molar-refractivity contribution in [1.29, 1.82) is 0 Å². The number of alkyl halides is 3. The van der Waals surface area contributed by atoms with Crippen LogP contribution in [0, 0.1) is 0 Å². The minimum absolute atomic E-state index is 0.00322. The number of sulfonamides is 1. The topological polar surface area (TPSA) is 97.5 Å². The smallest absolute Gasteiger partial charge is 0.417 e. The lowest BCUT2D eigenvalue weighted by atomic mass is 10.0. The van der Waals surface area contributed by atoms with Gasteiger partial charge in [-0.15, -0.1) is 0 Å². The van der Waals surface area contributed by atoms with Crippen molar-refractivity contribution < 1.29 is 31.1 Å². The molecule has 1 heterocycles. The molecule has 0 bridgehead atoms. The molecule has 0 radical (unpaired) electrons. The molecule has 36 heavy (non-hydrogen) atoms. The number of anilines is 1. The number of halogens is 3. The van der Waals surface area contributed by atoms with Gasteiger partial charge in [0.15, 0.2) is 0 Å². The summed E-state index contributed by atoms with van der Waals surface area (Å²) in [5.41, 5.74) is -0.248. The fraction of sp³-hybridized carbons (Fsp3) is 0.160. The fourth-order valence-corrected chi connectivity index (χ4v) is 4.79. The predicted molar refractivity (Wildman–Crippen MR) is 129 cm³/mol. The molecule has 4 aromatic rings. The molecule has 0 atom stereocenters. The van der Waals surface area contributed by atoms with E-state index in [2.05, 4.69) is 9.71 Å². The van der Waals surface area contributed by atoms with Crippen LogP contribution in [0.4, 0.5) is 18.9 Å². The average Bonchev–Trinajstić information content (AvgIpc) is 2.83. The monoisotopic (exact) mass is 518 g/mol. The molecular weight excluding hydrogens is 497 g/mol. The van der Waals surface area contributed by atoms with Gasteiger partial charge in [-0.3, -0.25) is 9.52 Å². The molecule has 7 nitrogen and oxygen atoms in total. The van der Waals surface area contributed by atoms with E-state index >= 15 is 0 Å². The highest BCUT2D eigenvalue weighted by molar-refractivity contribution is 7.92. The van der Waals surface area contributed by atoms with Gasteiger partial charge in [-0.05, 0) is 41.8 Å². The molecule has 1 aromatic heterocycles. The van der Waals surface area contributed by atoms with Crippen LogP contribution < -0.4 is 19.8 Å². The van der Waals surface area contributed by atoms with E-state index in [0.29, 0.717) is 28.7 Å². The summed E-state index contributed by atoms with van der Waals surface area (Å²) in [6, 6.07) is 15.6. The Morgan fingerprint density at radius 3 is 2.06 bits per heavy atom. The van der Waals surface area contributed by atoms with Crippen LogP contribution in [0.2, 0.25) is 0 Å². The van der Waals surface area contributed by atoms with Gasteiger partial charge in [0.2, 0.25) is 5.56 Å². The standard InChI is InChI=1S/C25H21F3N2O5S/c1-34-18-11-17(12-19(13-18)35-2)30-36(32,33)20-6-3-15(4-7-20)9-16-5-8-23-21(10-16)22(25(26,27)28)14-24(31)29-23/h3-8,10-14,30H,9H2,1-2H3,(H,29,31). The third-order valence-electron chi connectivity index (χ3n) is 5.46. The van der Waals surface area contributed by atoms with Crippen LogP contribution in [0.5, 0.6) is 11.5 Å². The van der Waals surface area contributed by atoms with E-state index in [1.165, 1.54) is 50.6 Å². The molecule has 0 fully saturated rings. The Hall–Kier alpha value is -3.99. The number of ether oxygens (including phenoxy) is 2. The van der Waals surface area contributed by atoms with Crippen molar-refractivity contribution in [2.75, 3.05) is 18.9 Å². The third-order valence-corrected chi connectivity index (χ3v) is 6.86. The first-order valence-electron chi connectivity index (χ1n) is 10.6. The molecular formula is C25H21F3N2O5S. The van der Waals surface area contributed by atoms with Gasteiger partial charge < -0.3 is 14.5 Å². The molecule has 4 rings (SSSR count). The van der Waals surface area contributed by atoms with Crippen LogP contribution in [0.15, 0.2) is 76.4 Å². The lowest BCUT2D eigenvalue weighted by Crippen LogP contribution is -2.14. The number of nitrogens with one attached hydrogen (secondary N) is 2. The molecule has 2 N–H and O–H groups in total. The lowest BCUT2D eigenvalue weighted by Gasteiger charge is -2.12. The number of methoxy groups -OCH3 is 2. The summed E-state index contributed by atoms with van der Waals surface area (Å²) < 4.78 is 78.7. The van der Waals surface area contributed by atoms with Gasteiger partial charge in [0.05, 0.1) is 30.4 Å². The Morgan fingerprint density at radius 2 is 1.47 bits per heavy atom. The maximum Gasteiger partial charge on any atom is 0.417 e. The minimum Gasteiger partial charge on any atom is -0.497 e. The number of aromatic amines is 1. The zero-order valence-corrected chi connectivity index (χ0v) is 20.0. The average molecular weight is 519 g/mol. The van der Waals surface area contributed by atoms with Crippen LogP contribution in [0.25, 0.3) is 10.9 Å². The van der Waals surface area contributed by atoms with Gasteiger partial charge in [0.1, 0.15) is 11.5 Å². The fourth-order valence-electron chi connectivity index (χ4n) is 3.75. The highest BCUT2D eigenvalue weighted by atomic mass is 32.2. The Labute approximate surface area is 204 Å². The molecule has 0 spiro atoms. The molecule has 188 valence electrons. The quantitative estimate of drug-likeness (QED) is 0.361. The molecule has 0 aliphatic rings. The van der Waals surface area contributed by atoms with Gasteiger partial charge in [0.25, 0.3) is 10.0 Å². The van der Waals surface area contributed by atoms with Crippen LogP contribution in [-0.4, -0.2) is 27.6 Å². The van der Waals surface area contributed by atoms with E-state index in [1.807, 2.05) is 0 Å². The van der Waals surface area contributed by atoms with Crippen molar-refractivity contribution in [3.8, 4) is 11.5 Å². The van der Waals surface area contributed by atoms with Gasteiger partial charge in [-0.2, -0.15) is 13.2 Å². The number of aromatic nitrogens is 1. The zero-order chi connectivity index (χ0) is 26.1. The molecule has 0 aliphatic heterocycles. The number of rotatable bonds is 7. The number of benzene rings is 3. The number of hydrogen-bond acceptors (Lipinski definition) is 5. The lowest BCUT2D eigenvalue weighted by molar-refractivity contribution is -0.136. The van der Waals surface area contributed by atoms with E-state index in [1.54, 1.807) is 24.3 Å². The largest absolute Gasteiger partial charge is 0.497 e. The Kier molecular flexibility index (Phi) is 6.68. The van der Waals surface area contributed by atoms with E-state index < -0.39 is 27.3 Å². The van der Waals surface area contributed by atoms with E-state index in [0.717, 1.165) is 0 Å².